The number of pyridine rings is 1. The molecule has 6 heteroatoms. The van der Waals surface area contributed by atoms with E-state index in [0.717, 1.165) is 5.75 Å². The molecule has 0 saturated carbocycles. The van der Waals surface area contributed by atoms with Crippen LogP contribution in [0.5, 0.6) is 5.88 Å². The number of hydrogen-bond acceptors (Lipinski definition) is 4. The summed E-state index contributed by atoms with van der Waals surface area (Å²) in [6.07, 6.45) is 3.42. The lowest BCUT2D eigenvalue weighted by molar-refractivity contribution is 0.331. The molecule has 0 aliphatic carbocycles. The summed E-state index contributed by atoms with van der Waals surface area (Å²) in [5.74, 6) is 1.21. The Morgan fingerprint density at radius 1 is 1.57 bits per heavy atom. The van der Waals surface area contributed by atoms with Crippen LogP contribution in [0.1, 0.15) is 0 Å². The predicted molar refractivity (Wildman–Crippen MR) is 62.5 cm³/mol. The molecule has 0 aliphatic rings. The van der Waals surface area contributed by atoms with Crippen molar-refractivity contribution in [2.45, 2.75) is 0 Å². The Morgan fingerprint density at radius 3 is 2.93 bits per heavy atom. The van der Waals surface area contributed by atoms with E-state index in [-0.39, 0.29) is 5.02 Å². The van der Waals surface area contributed by atoms with Crippen LogP contribution in [0.25, 0.3) is 0 Å². The SMILES string of the molecule is CSCCOc1ncc(Cl)c(N)c1Cl. The molecule has 0 fully saturated rings. The Balaban J connectivity index is 2.73. The third kappa shape index (κ3) is 2.83. The summed E-state index contributed by atoms with van der Waals surface area (Å²) < 4.78 is 5.31. The summed E-state index contributed by atoms with van der Waals surface area (Å²) in [4.78, 5) is 3.94. The van der Waals surface area contributed by atoms with E-state index >= 15 is 0 Å². The van der Waals surface area contributed by atoms with Gasteiger partial charge in [-0.1, -0.05) is 23.2 Å². The van der Waals surface area contributed by atoms with Crippen molar-refractivity contribution in [3.05, 3.63) is 16.2 Å². The molecule has 3 nitrogen and oxygen atoms in total. The van der Waals surface area contributed by atoms with Crippen molar-refractivity contribution < 1.29 is 4.74 Å². The lowest BCUT2D eigenvalue weighted by atomic mass is 10.4. The Labute approximate surface area is 96.9 Å². The van der Waals surface area contributed by atoms with Gasteiger partial charge in [0.05, 0.1) is 23.5 Å². The maximum atomic E-state index is 5.87. The summed E-state index contributed by atoms with van der Waals surface area (Å²) in [6.45, 7) is 0.551. The van der Waals surface area contributed by atoms with Crippen LogP contribution in [0.15, 0.2) is 6.20 Å². The fourth-order valence-corrected chi connectivity index (χ4v) is 1.43. The van der Waals surface area contributed by atoms with E-state index in [1.165, 1.54) is 6.20 Å². The predicted octanol–water partition coefficient (Wildman–Crippen LogP) is 2.71. The van der Waals surface area contributed by atoms with E-state index in [2.05, 4.69) is 4.98 Å². The highest BCUT2D eigenvalue weighted by molar-refractivity contribution is 7.98. The number of halogens is 2. The smallest absolute Gasteiger partial charge is 0.234 e. The largest absolute Gasteiger partial charge is 0.476 e. The van der Waals surface area contributed by atoms with Crippen molar-refractivity contribution >= 4 is 40.7 Å². The lowest BCUT2D eigenvalue weighted by Gasteiger charge is -2.08. The van der Waals surface area contributed by atoms with Crippen LogP contribution in [0.4, 0.5) is 5.69 Å². The molecule has 0 aromatic carbocycles. The van der Waals surface area contributed by atoms with Crippen LogP contribution in [0, 0.1) is 0 Å². The number of nitrogens with zero attached hydrogens (tertiary/aromatic N) is 1. The number of rotatable bonds is 4. The Morgan fingerprint density at radius 2 is 2.29 bits per heavy atom. The second-order valence-electron chi connectivity index (χ2n) is 2.48. The molecule has 0 saturated heterocycles. The molecular formula is C8H10Cl2N2OS. The van der Waals surface area contributed by atoms with Crippen molar-refractivity contribution in [1.29, 1.82) is 0 Å². The van der Waals surface area contributed by atoms with Crippen LogP contribution >= 0.6 is 35.0 Å². The topological polar surface area (TPSA) is 48.1 Å². The maximum absolute atomic E-state index is 5.87. The maximum Gasteiger partial charge on any atom is 0.234 e. The van der Waals surface area contributed by atoms with Gasteiger partial charge in [0.2, 0.25) is 5.88 Å². The number of hydrogen-bond donors (Lipinski definition) is 1. The molecule has 1 rings (SSSR count). The van der Waals surface area contributed by atoms with E-state index in [0.29, 0.717) is 23.2 Å². The fraction of sp³-hybridized carbons (Fsp3) is 0.375. The molecule has 0 radical (unpaired) electrons. The Bertz CT molecular complexity index is 322. The lowest BCUT2D eigenvalue weighted by Crippen LogP contribution is -2.03. The minimum absolute atomic E-state index is 0.276. The first-order valence-corrected chi connectivity index (χ1v) is 6.03. The van der Waals surface area contributed by atoms with Gasteiger partial charge in [-0.25, -0.2) is 4.98 Å². The van der Waals surface area contributed by atoms with Crippen LogP contribution < -0.4 is 10.5 Å². The zero-order chi connectivity index (χ0) is 10.6. The van der Waals surface area contributed by atoms with Gasteiger partial charge in [0, 0.05) is 5.75 Å². The van der Waals surface area contributed by atoms with Gasteiger partial charge in [-0.2, -0.15) is 11.8 Å². The minimum atomic E-state index is 0.276. The highest BCUT2D eigenvalue weighted by atomic mass is 35.5. The summed E-state index contributed by atoms with van der Waals surface area (Å²) >= 11 is 13.3. The first-order chi connectivity index (χ1) is 6.66. The molecule has 78 valence electrons. The molecule has 1 aromatic heterocycles. The summed E-state index contributed by atoms with van der Waals surface area (Å²) in [7, 11) is 0. The van der Waals surface area contributed by atoms with Gasteiger partial charge in [0.15, 0.2) is 0 Å². The third-order valence-electron chi connectivity index (χ3n) is 1.50. The molecule has 1 aromatic rings. The summed E-state index contributed by atoms with van der Waals surface area (Å²) in [6, 6.07) is 0. The highest BCUT2D eigenvalue weighted by Crippen LogP contribution is 2.33. The van der Waals surface area contributed by atoms with E-state index in [4.69, 9.17) is 33.7 Å². The van der Waals surface area contributed by atoms with Gasteiger partial charge in [-0.3, -0.25) is 0 Å². The monoisotopic (exact) mass is 252 g/mol. The van der Waals surface area contributed by atoms with Crippen molar-refractivity contribution in [2.75, 3.05) is 24.3 Å². The number of aromatic nitrogens is 1. The van der Waals surface area contributed by atoms with Crippen LogP contribution in [-0.4, -0.2) is 23.6 Å². The van der Waals surface area contributed by atoms with E-state index < -0.39 is 0 Å². The highest BCUT2D eigenvalue weighted by Gasteiger charge is 2.09. The molecule has 0 aliphatic heterocycles. The van der Waals surface area contributed by atoms with Crippen molar-refractivity contribution in [2.24, 2.45) is 0 Å². The molecule has 2 N–H and O–H groups in total. The standard InChI is InChI=1S/C8H10Cl2N2OS/c1-14-3-2-13-8-6(10)7(11)5(9)4-12-8/h4H,2-3H2,1H3,(H2,11,12). The second kappa shape index (κ2) is 5.53. The van der Waals surface area contributed by atoms with Crippen molar-refractivity contribution in [3.8, 4) is 5.88 Å². The molecule has 14 heavy (non-hydrogen) atoms. The average molecular weight is 253 g/mol. The second-order valence-corrected chi connectivity index (χ2v) is 4.25. The fourth-order valence-electron chi connectivity index (χ4n) is 0.784. The molecule has 0 unspecified atom stereocenters. The quantitative estimate of drug-likeness (QED) is 0.838. The van der Waals surface area contributed by atoms with Gasteiger partial charge in [-0.05, 0) is 6.26 Å². The summed E-state index contributed by atoms with van der Waals surface area (Å²) in [5, 5.41) is 0.616. The normalized spacial score (nSPS) is 10.2. The molecule has 0 spiro atoms. The van der Waals surface area contributed by atoms with Crippen molar-refractivity contribution in [3.63, 3.8) is 0 Å². The van der Waals surface area contributed by atoms with E-state index in [1.807, 2.05) is 6.26 Å². The van der Waals surface area contributed by atoms with Gasteiger partial charge in [-0.15, -0.1) is 0 Å². The van der Waals surface area contributed by atoms with E-state index in [1.54, 1.807) is 11.8 Å². The third-order valence-corrected chi connectivity index (χ3v) is 2.74. The van der Waals surface area contributed by atoms with Crippen LogP contribution in [0.3, 0.4) is 0 Å². The molecular weight excluding hydrogens is 243 g/mol. The Kier molecular flexibility index (Phi) is 4.65. The van der Waals surface area contributed by atoms with Gasteiger partial charge in [0.25, 0.3) is 0 Å². The average Bonchev–Trinajstić information content (AvgIpc) is 2.18. The summed E-state index contributed by atoms with van der Waals surface area (Å²) in [5.41, 5.74) is 5.91. The number of anilines is 1. The first-order valence-electron chi connectivity index (χ1n) is 3.88. The van der Waals surface area contributed by atoms with Gasteiger partial charge < -0.3 is 10.5 Å². The molecule has 1 heterocycles. The zero-order valence-electron chi connectivity index (χ0n) is 7.59. The van der Waals surface area contributed by atoms with Crippen LogP contribution in [0.2, 0.25) is 10.0 Å². The number of thioether (sulfide) groups is 1. The number of nitrogens with two attached hydrogens (primary N) is 1. The number of nitrogen functional groups attached to an aromatic ring is 1. The van der Waals surface area contributed by atoms with Crippen molar-refractivity contribution in [1.82, 2.24) is 4.98 Å². The van der Waals surface area contributed by atoms with Gasteiger partial charge >= 0.3 is 0 Å². The molecule has 0 bridgehead atoms. The minimum Gasteiger partial charge on any atom is -0.476 e. The molecule has 0 atom stereocenters. The number of ether oxygens (including phenoxy) is 1. The zero-order valence-corrected chi connectivity index (χ0v) is 9.92. The Hall–Kier alpha value is -0.320. The van der Waals surface area contributed by atoms with Crippen LogP contribution in [-0.2, 0) is 0 Å². The first kappa shape index (κ1) is 11.8. The van der Waals surface area contributed by atoms with E-state index in [9.17, 15) is 0 Å². The molecule has 0 amide bonds. The van der Waals surface area contributed by atoms with Gasteiger partial charge in [0.1, 0.15) is 5.02 Å².